The van der Waals surface area contributed by atoms with Crippen LogP contribution in [0.4, 0.5) is 0 Å². The van der Waals surface area contributed by atoms with Gasteiger partial charge in [0.1, 0.15) is 0 Å². The molecule has 1 aromatic carbocycles. The van der Waals surface area contributed by atoms with Gasteiger partial charge in [0.05, 0.1) is 28.0 Å². The van der Waals surface area contributed by atoms with E-state index in [1.807, 2.05) is 27.7 Å². The molecular formula is C25H32N2O3S. The molecule has 1 aliphatic carbocycles. The van der Waals surface area contributed by atoms with Gasteiger partial charge >= 0.3 is 0 Å². The van der Waals surface area contributed by atoms with Crippen molar-refractivity contribution in [2.45, 2.75) is 82.4 Å². The Balaban J connectivity index is 2.28. The lowest BCUT2D eigenvalue weighted by Gasteiger charge is -2.23. The minimum atomic E-state index is -3.86. The summed E-state index contributed by atoms with van der Waals surface area (Å²) in [6.45, 7) is 10.2. The molecule has 0 N–H and O–H groups in total. The fraction of sp³-hybridized carbons (Fsp3) is 0.520. The Morgan fingerprint density at radius 2 is 1.94 bits per heavy atom. The fourth-order valence-electron chi connectivity index (χ4n) is 3.88. The maximum Gasteiger partial charge on any atom is 0.218 e. The van der Waals surface area contributed by atoms with Crippen LogP contribution in [0.1, 0.15) is 80.3 Å². The molecule has 0 radical (unpaired) electrons. The molecule has 1 aliphatic rings. The number of unbranched alkanes of at least 4 members (excludes halogenated alkanes) is 1. The highest BCUT2D eigenvalue weighted by Gasteiger charge is 2.34. The van der Waals surface area contributed by atoms with Crippen molar-refractivity contribution in [3.63, 3.8) is 0 Å². The van der Waals surface area contributed by atoms with Gasteiger partial charge in [-0.05, 0) is 80.7 Å². The van der Waals surface area contributed by atoms with E-state index in [1.165, 1.54) is 6.07 Å². The molecule has 1 aromatic heterocycles. The van der Waals surface area contributed by atoms with Gasteiger partial charge in [-0.15, -0.1) is 0 Å². The minimum Gasteiger partial charge on any atom is -0.477 e. The number of ether oxygens (including phenoxy) is 1. The van der Waals surface area contributed by atoms with Crippen molar-refractivity contribution < 1.29 is 13.2 Å². The summed E-state index contributed by atoms with van der Waals surface area (Å²) >= 11 is 0. The molecule has 2 aromatic rings. The number of hydrogen-bond donors (Lipinski definition) is 0. The topological polar surface area (TPSA) is 80.0 Å². The number of benzene rings is 1. The zero-order valence-corrected chi connectivity index (χ0v) is 20.0. The highest BCUT2D eigenvalue weighted by molar-refractivity contribution is 7.91. The molecule has 0 saturated heterocycles. The zero-order valence-electron chi connectivity index (χ0n) is 19.2. The van der Waals surface area contributed by atoms with Crippen LogP contribution >= 0.6 is 0 Å². The first kappa shape index (κ1) is 23.3. The molecule has 166 valence electrons. The predicted molar refractivity (Wildman–Crippen MR) is 121 cm³/mol. The monoisotopic (exact) mass is 440 g/mol. The van der Waals surface area contributed by atoms with E-state index >= 15 is 0 Å². The minimum absolute atomic E-state index is 0.0762. The van der Waals surface area contributed by atoms with E-state index < -0.39 is 9.84 Å². The van der Waals surface area contributed by atoms with Crippen LogP contribution in [-0.4, -0.2) is 20.0 Å². The molecule has 6 heteroatoms. The standard InChI is InChI=1S/C25H32N2O3S/c1-6-7-10-30-25-23(16(2)3)24(22(18(5)27-25)14-19-8-9-19)31(28,29)21-12-17(4)11-20(13-21)15-26/h11-13,16,19H,6-10,14H2,1-5H3. The first-order valence-electron chi connectivity index (χ1n) is 11.1. The molecule has 1 heterocycles. The smallest absolute Gasteiger partial charge is 0.218 e. The van der Waals surface area contributed by atoms with Crippen LogP contribution in [-0.2, 0) is 16.3 Å². The van der Waals surface area contributed by atoms with Crippen molar-refractivity contribution in [1.82, 2.24) is 4.98 Å². The number of rotatable bonds is 9. The van der Waals surface area contributed by atoms with Gasteiger partial charge < -0.3 is 4.74 Å². The molecule has 0 bridgehead atoms. The molecule has 5 nitrogen and oxygen atoms in total. The largest absolute Gasteiger partial charge is 0.477 e. The van der Waals surface area contributed by atoms with Crippen LogP contribution in [0.2, 0.25) is 0 Å². The number of hydrogen-bond acceptors (Lipinski definition) is 5. The van der Waals surface area contributed by atoms with Gasteiger partial charge in [-0.1, -0.05) is 27.2 Å². The normalized spacial score (nSPS) is 14.0. The third kappa shape index (κ3) is 5.10. The van der Waals surface area contributed by atoms with Crippen molar-refractivity contribution in [1.29, 1.82) is 5.26 Å². The summed E-state index contributed by atoms with van der Waals surface area (Å²) in [5.41, 5.74) is 3.26. The summed E-state index contributed by atoms with van der Waals surface area (Å²) in [4.78, 5) is 5.22. The average molecular weight is 441 g/mol. The summed E-state index contributed by atoms with van der Waals surface area (Å²) < 4.78 is 34.1. The SMILES string of the molecule is CCCCOc1nc(C)c(CC2CC2)c(S(=O)(=O)c2cc(C)cc(C#N)c2)c1C(C)C. The third-order valence-electron chi connectivity index (χ3n) is 5.72. The molecule has 0 amide bonds. The molecule has 0 spiro atoms. The van der Waals surface area contributed by atoms with E-state index in [1.54, 1.807) is 12.1 Å². The Kier molecular flexibility index (Phi) is 7.06. The van der Waals surface area contributed by atoms with Crippen LogP contribution in [0.5, 0.6) is 5.88 Å². The Morgan fingerprint density at radius 1 is 1.23 bits per heavy atom. The number of aryl methyl sites for hydroxylation is 2. The van der Waals surface area contributed by atoms with Gasteiger partial charge in [0.25, 0.3) is 0 Å². The fourth-order valence-corrected chi connectivity index (χ4v) is 5.91. The summed E-state index contributed by atoms with van der Waals surface area (Å²) in [7, 11) is -3.86. The van der Waals surface area contributed by atoms with E-state index in [0.29, 0.717) is 40.8 Å². The summed E-state index contributed by atoms with van der Waals surface area (Å²) in [6, 6.07) is 6.90. The second kappa shape index (κ2) is 9.40. The first-order chi connectivity index (χ1) is 14.7. The molecule has 0 unspecified atom stereocenters. The lowest BCUT2D eigenvalue weighted by atomic mass is 9.98. The van der Waals surface area contributed by atoms with E-state index in [9.17, 15) is 13.7 Å². The van der Waals surface area contributed by atoms with Gasteiger partial charge in [0.15, 0.2) is 0 Å². The van der Waals surface area contributed by atoms with Crippen molar-refractivity contribution in [2.75, 3.05) is 6.61 Å². The lowest BCUT2D eigenvalue weighted by molar-refractivity contribution is 0.291. The van der Waals surface area contributed by atoms with Crippen LogP contribution in [0.3, 0.4) is 0 Å². The highest BCUT2D eigenvalue weighted by Crippen LogP contribution is 2.42. The van der Waals surface area contributed by atoms with Gasteiger partial charge in [0, 0.05) is 11.3 Å². The maximum atomic E-state index is 14.0. The maximum absolute atomic E-state index is 14.0. The zero-order chi connectivity index (χ0) is 22.8. The van der Waals surface area contributed by atoms with E-state index in [2.05, 4.69) is 13.0 Å². The second-order valence-corrected chi connectivity index (χ2v) is 10.8. The summed E-state index contributed by atoms with van der Waals surface area (Å²) in [5.74, 6) is 0.855. The average Bonchev–Trinajstić information content (AvgIpc) is 3.53. The summed E-state index contributed by atoms with van der Waals surface area (Å²) in [6.07, 6.45) is 4.81. The van der Waals surface area contributed by atoms with Gasteiger partial charge in [-0.2, -0.15) is 5.26 Å². The molecule has 0 aliphatic heterocycles. The van der Waals surface area contributed by atoms with Gasteiger partial charge in [0.2, 0.25) is 15.7 Å². The number of aromatic nitrogens is 1. The highest BCUT2D eigenvalue weighted by atomic mass is 32.2. The summed E-state index contributed by atoms with van der Waals surface area (Å²) in [5, 5.41) is 9.38. The Hall–Kier alpha value is -2.39. The Morgan fingerprint density at radius 3 is 2.52 bits per heavy atom. The number of nitriles is 1. The van der Waals surface area contributed by atoms with E-state index in [0.717, 1.165) is 42.5 Å². The first-order valence-corrected chi connectivity index (χ1v) is 12.6. The number of pyridine rings is 1. The lowest BCUT2D eigenvalue weighted by Crippen LogP contribution is -2.16. The molecular weight excluding hydrogens is 408 g/mol. The van der Waals surface area contributed by atoms with Crippen molar-refractivity contribution in [3.8, 4) is 11.9 Å². The van der Waals surface area contributed by atoms with E-state index in [4.69, 9.17) is 9.72 Å². The Labute approximate surface area is 186 Å². The van der Waals surface area contributed by atoms with Crippen LogP contribution < -0.4 is 4.74 Å². The number of nitrogens with zero attached hydrogens (tertiary/aromatic N) is 2. The van der Waals surface area contributed by atoms with Gasteiger partial charge in [-0.25, -0.2) is 13.4 Å². The third-order valence-corrected chi connectivity index (χ3v) is 7.58. The number of sulfone groups is 1. The van der Waals surface area contributed by atoms with Crippen molar-refractivity contribution in [2.24, 2.45) is 5.92 Å². The van der Waals surface area contributed by atoms with Crippen molar-refractivity contribution in [3.05, 3.63) is 46.1 Å². The Bertz CT molecular complexity index is 1110. The van der Waals surface area contributed by atoms with Crippen LogP contribution in [0.15, 0.2) is 28.0 Å². The van der Waals surface area contributed by atoms with Crippen LogP contribution in [0.25, 0.3) is 0 Å². The molecule has 0 atom stereocenters. The van der Waals surface area contributed by atoms with Gasteiger partial charge in [-0.3, -0.25) is 0 Å². The molecule has 3 rings (SSSR count). The van der Waals surface area contributed by atoms with Crippen LogP contribution in [0, 0.1) is 31.1 Å². The quantitative estimate of drug-likeness (QED) is 0.470. The van der Waals surface area contributed by atoms with Crippen molar-refractivity contribution >= 4 is 9.84 Å². The molecule has 31 heavy (non-hydrogen) atoms. The molecule has 1 saturated carbocycles. The molecule has 1 fully saturated rings. The predicted octanol–water partition coefficient (Wildman–Crippen LogP) is 5.66. The van der Waals surface area contributed by atoms with E-state index in [-0.39, 0.29) is 10.8 Å². The second-order valence-electron chi connectivity index (χ2n) is 8.88.